The fourth-order valence-corrected chi connectivity index (χ4v) is 3.87. The molecule has 27 heavy (non-hydrogen) atoms. The Morgan fingerprint density at radius 1 is 1.44 bits per heavy atom. The molecule has 3 atom stereocenters. The molecule has 3 unspecified atom stereocenters. The van der Waals surface area contributed by atoms with Crippen molar-refractivity contribution in [2.45, 2.75) is 51.1 Å². The second-order valence-corrected chi connectivity index (χ2v) is 8.10. The van der Waals surface area contributed by atoms with E-state index in [2.05, 4.69) is 43.4 Å². The maximum Gasteiger partial charge on any atom is 0.242 e. The van der Waals surface area contributed by atoms with Gasteiger partial charge in [0.1, 0.15) is 10.4 Å². The summed E-state index contributed by atoms with van der Waals surface area (Å²) in [5.74, 6) is 0.590. The number of anilines is 1. The molecule has 1 saturated heterocycles. The van der Waals surface area contributed by atoms with Gasteiger partial charge in [0.2, 0.25) is 11.8 Å². The van der Waals surface area contributed by atoms with Gasteiger partial charge in [-0.15, -0.1) is 19.0 Å². The lowest BCUT2D eigenvalue weighted by molar-refractivity contribution is -0.121. The standard InChI is InChI=1S/C19H25BrN4O2.ClH/c1-3-4-5-6-16(25)21-11-19-9-13(22-14(19)10-19)18(26)24-17-12(2)7-8-15(20)23-17;/h3,7-8,13-14,22H,1,4-6,9-11H2,2H3,(H,21,25)(H,23,24,26);1H. The minimum atomic E-state index is -0.244. The van der Waals surface area contributed by atoms with Crippen LogP contribution < -0.4 is 16.0 Å². The number of fused-ring (bicyclic) bond motifs is 1. The van der Waals surface area contributed by atoms with Crippen LogP contribution in [-0.4, -0.2) is 35.4 Å². The van der Waals surface area contributed by atoms with Gasteiger partial charge in [0.25, 0.3) is 0 Å². The van der Waals surface area contributed by atoms with Crippen molar-refractivity contribution in [2.24, 2.45) is 5.41 Å². The maximum atomic E-state index is 12.6. The highest BCUT2D eigenvalue weighted by Gasteiger charge is 2.61. The van der Waals surface area contributed by atoms with Gasteiger partial charge in [-0.25, -0.2) is 4.98 Å². The summed E-state index contributed by atoms with van der Waals surface area (Å²) >= 11 is 3.33. The van der Waals surface area contributed by atoms with E-state index in [9.17, 15) is 9.59 Å². The minimum Gasteiger partial charge on any atom is -0.355 e. The molecule has 0 aromatic carbocycles. The summed E-state index contributed by atoms with van der Waals surface area (Å²) in [6.45, 7) is 6.21. The number of aromatic nitrogens is 1. The van der Waals surface area contributed by atoms with E-state index in [0.717, 1.165) is 31.2 Å². The highest BCUT2D eigenvalue weighted by Crippen LogP contribution is 2.54. The van der Waals surface area contributed by atoms with Gasteiger partial charge < -0.3 is 16.0 Å². The SMILES string of the molecule is C=CCCCC(=O)NCC12CC(C(=O)Nc3nc(Br)ccc3C)NC1C2.Cl. The van der Waals surface area contributed by atoms with Gasteiger partial charge in [-0.2, -0.15) is 0 Å². The molecule has 1 aliphatic carbocycles. The van der Waals surface area contributed by atoms with Crippen LogP contribution in [0.4, 0.5) is 5.82 Å². The van der Waals surface area contributed by atoms with E-state index in [1.165, 1.54) is 0 Å². The molecule has 148 valence electrons. The Morgan fingerprint density at radius 2 is 2.22 bits per heavy atom. The molecule has 8 heteroatoms. The molecule has 2 amide bonds. The summed E-state index contributed by atoms with van der Waals surface area (Å²) in [4.78, 5) is 28.8. The Balaban J connectivity index is 0.00000261. The molecule has 1 saturated carbocycles. The third-order valence-electron chi connectivity index (χ3n) is 5.27. The second kappa shape index (κ2) is 9.17. The van der Waals surface area contributed by atoms with Crippen LogP contribution in [0.15, 0.2) is 29.4 Å². The zero-order chi connectivity index (χ0) is 18.7. The summed E-state index contributed by atoms with van der Waals surface area (Å²) < 4.78 is 0.691. The Bertz CT molecular complexity index is 730. The van der Waals surface area contributed by atoms with Crippen LogP contribution in [-0.2, 0) is 9.59 Å². The van der Waals surface area contributed by atoms with Gasteiger partial charge in [0.15, 0.2) is 0 Å². The number of unbranched alkanes of at least 4 members (excludes halogenated alkanes) is 1. The maximum absolute atomic E-state index is 12.6. The molecule has 0 bridgehead atoms. The molecule has 2 heterocycles. The fourth-order valence-electron chi connectivity index (χ4n) is 3.56. The topological polar surface area (TPSA) is 83.1 Å². The molecule has 1 aromatic heterocycles. The molecule has 6 nitrogen and oxygen atoms in total. The van der Waals surface area contributed by atoms with Crippen molar-refractivity contribution < 1.29 is 9.59 Å². The molecule has 0 radical (unpaired) electrons. The van der Waals surface area contributed by atoms with Crippen molar-refractivity contribution >= 4 is 46.0 Å². The number of hydrogen-bond donors (Lipinski definition) is 3. The first kappa shape index (κ1) is 21.9. The molecular formula is C19H26BrClN4O2. The summed E-state index contributed by atoms with van der Waals surface area (Å²) in [6, 6.07) is 3.82. The summed E-state index contributed by atoms with van der Waals surface area (Å²) in [5, 5.41) is 9.32. The van der Waals surface area contributed by atoms with Crippen molar-refractivity contribution in [3.8, 4) is 0 Å². The number of pyridine rings is 1. The molecule has 2 aliphatic rings. The Kier molecular flexibility index (Phi) is 7.42. The van der Waals surface area contributed by atoms with Crippen LogP contribution in [0.5, 0.6) is 0 Å². The fraction of sp³-hybridized carbons (Fsp3) is 0.526. The highest BCUT2D eigenvalue weighted by atomic mass is 79.9. The van der Waals surface area contributed by atoms with E-state index in [0.29, 0.717) is 29.4 Å². The van der Waals surface area contributed by atoms with Crippen molar-refractivity contribution in [1.29, 1.82) is 0 Å². The highest BCUT2D eigenvalue weighted by molar-refractivity contribution is 9.10. The normalized spacial score (nSPS) is 25.1. The third kappa shape index (κ3) is 5.30. The number of carbonyl (C=O) groups is 2. The number of amides is 2. The lowest BCUT2D eigenvalue weighted by atomic mass is 9.99. The largest absolute Gasteiger partial charge is 0.355 e. The minimum absolute atomic E-state index is 0. The van der Waals surface area contributed by atoms with Crippen LogP contribution in [0.1, 0.15) is 37.7 Å². The number of halogens is 2. The summed E-state index contributed by atoms with van der Waals surface area (Å²) in [5.41, 5.74) is 0.946. The summed E-state index contributed by atoms with van der Waals surface area (Å²) in [7, 11) is 0. The Labute approximate surface area is 174 Å². The van der Waals surface area contributed by atoms with Gasteiger partial charge in [-0.1, -0.05) is 12.1 Å². The quantitative estimate of drug-likeness (QED) is 0.318. The van der Waals surface area contributed by atoms with Crippen LogP contribution in [0, 0.1) is 12.3 Å². The van der Waals surface area contributed by atoms with Crippen molar-refractivity contribution in [3.63, 3.8) is 0 Å². The van der Waals surface area contributed by atoms with Gasteiger partial charge >= 0.3 is 0 Å². The lowest BCUT2D eigenvalue weighted by Gasteiger charge is -2.17. The average Bonchev–Trinajstić information content (AvgIpc) is 3.17. The lowest BCUT2D eigenvalue weighted by Crippen LogP contribution is -2.38. The smallest absolute Gasteiger partial charge is 0.242 e. The number of aryl methyl sites for hydroxylation is 1. The number of rotatable bonds is 8. The van der Waals surface area contributed by atoms with E-state index < -0.39 is 0 Å². The zero-order valence-corrected chi connectivity index (χ0v) is 17.8. The van der Waals surface area contributed by atoms with E-state index in [4.69, 9.17) is 0 Å². The molecular weight excluding hydrogens is 432 g/mol. The third-order valence-corrected chi connectivity index (χ3v) is 5.72. The first-order chi connectivity index (χ1) is 12.4. The van der Waals surface area contributed by atoms with Crippen LogP contribution in [0.3, 0.4) is 0 Å². The van der Waals surface area contributed by atoms with E-state index >= 15 is 0 Å². The predicted octanol–water partition coefficient (Wildman–Crippen LogP) is 3.11. The van der Waals surface area contributed by atoms with E-state index in [1.54, 1.807) is 0 Å². The Hall–Kier alpha value is -1.44. The van der Waals surface area contributed by atoms with E-state index in [-0.39, 0.29) is 35.7 Å². The second-order valence-electron chi connectivity index (χ2n) is 7.29. The van der Waals surface area contributed by atoms with Crippen LogP contribution >= 0.6 is 28.3 Å². The van der Waals surface area contributed by atoms with Crippen LogP contribution in [0.2, 0.25) is 0 Å². The number of nitrogens with zero attached hydrogens (tertiary/aromatic N) is 1. The van der Waals surface area contributed by atoms with Gasteiger partial charge in [0, 0.05) is 24.4 Å². The van der Waals surface area contributed by atoms with Gasteiger partial charge in [-0.05, 0) is 60.2 Å². The molecule has 3 rings (SSSR count). The van der Waals surface area contributed by atoms with Crippen molar-refractivity contribution in [2.75, 3.05) is 11.9 Å². The molecule has 1 aromatic rings. The number of nitrogens with one attached hydrogen (secondary N) is 3. The van der Waals surface area contributed by atoms with Crippen molar-refractivity contribution in [1.82, 2.24) is 15.6 Å². The zero-order valence-electron chi connectivity index (χ0n) is 15.4. The average molecular weight is 458 g/mol. The Morgan fingerprint density at radius 3 is 2.96 bits per heavy atom. The predicted molar refractivity (Wildman–Crippen MR) is 112 cm³/mol. The molecule has 3 N–H and O–H groups in total. The first-order valence-electron chi connectivity index (χ1n) is 9.01. The van der Waals surface area contributed by atoms with Gasteiger partial charge in [-0.3, -0.25) is 9.59 Å². The number of allylic oxidation sites excluding steroid dienone is 1. The monoisotopic (exact) mass is 456 g/mol. The van der Waals surface area contributed by atoms with Crippen molar-refractivity contribution in [3.05, 3.63) is 35.0 Å². The molecule has 0 spiro atoms. The first-order valence-corrected chi connectivity index (χ1v) is 9.80. The van der Waals surface area contributed by atoms with Crippen LogP contribution in [0.25, 0.3) is 0 Å². The van der Waals surface area contributed by atoms with E-state index in [1.807, 2.05) is 25.1 Å². The number of hydrogen-bond acceptors (Lipinski definition) is 4. The number of piperidine rings is 1. The summed E-state index contributed by atoms with van der Waals surface area (Å²) in [6.07, 6.45) is 5.79. The van der Waals surface area contributed by atoms with Gasteiger partial charge in [0.05, 0.1) is 6.04 Å². The molecule has 1 aliphatic heterocycles. The number of carbonyl (C=O) groups excluding carboxylic acids is 2. The molecule has 2 fully saturated rings.